The highest BCUT2D eigenvalue weighted by Crippen LogP contribution is 2.33. The standard InChI is InChI=1S/C21H27NOS.CH3NOS/c1-3-5-11-17-13-7-9-15-19(17)22(21(23)24)20-16-10-8-14-18(20)12-6-4-2;2-1(3)4/h7-10,13-16H,3-6,11-12H2,1-2H3,(H,23,24);(H3,2,3,4). The summed E-state index contributed by atoms with van der Waals surface area (Å²) in [5.41, 5.74) is 8.82. The molecule has 0 bridgehead atoms. The van der Waals surface area contributed by atoms with Crippen molar-refractivity contribution in [1.29, 1.82) is 0 Å². The highest BCUT2D eigenvalue weighted by atomic mass is 32.1. The molecule has 0 saturated carbocycles. The highest BCUT2D eigenvalue weighted by Gasteiger charge is 2.19. The number of aryl methyl sites for hydroxylation is 2. The molecule has 0 fully saturated rings. The molecule has 0 spiro atoms. The summed E-state index contributed by atoms with van der Waals surface area (Å²) in [5, 5.41) is 17.2. The maximum atomic E-state index is 10.3. The van der Waals surface area contributed by atoms with Gasteiger partial charge in [-0.15, -0.1) is 0 Å². The van der Waals surface area contributed by atoms with Gasteiger partial charge in [0.15, 0.2) is 0 Å². The summed E-state index contributed by atoms with van der Waals surface area (Å²) in [5.74, 6) is 0. The van der Waals surface area contributed by atoms with E-state index in [0.29, 0.717) is 0 Å². The highest BCUT2D eigenvalue weighted by molar-refractivity contribution is 7.80. The van der Waals surface area contributed by atoms with E-state index in [0.717, 1.165) is 49.9 Å². The number of thiocarbonyl (C=S) groups is 2. The number of hydrogen-bond donors (Lipinski definition) is 3. The SMILES string of the molecule is CCCCc1ccccc1N(C(O)=S)c1ccccc1CCCC.NC(O)=S. The summed E-state index contributed by atoms with van der Waals surface area (Å²) in [6, 6.07) is 16.5. The van der Waals surface area contributed by atoms with Crippen molar-refractivity contribution in [3.05, 3.63) is 59.7 Å². The summed E-state index contributed by atoms with van der Waals surface area (Å²) in [4.78, 5) is 1.82. The summed E-state index contributed by atoms with van der Waals surface area (Å²) in [6.45, 7) is 4.38. The molecule has 0 unspecified atom stereocenters. The van der Waals surface area contributed by atoms with E-state index in [1.165, 1.54) is 11.1 Å². The normalized spacial score (nSPS) is 9.93. The minimum atomic E-state index is -0.500. The third-order valence-electron chi connectivity index (χ3n) is 4.26. The van der Waals surface area contributed by atoms with Crippen LogP contribution < -0.4 is 10.6 Å². The van der Waals surface area contributed by atoms with Crippen LogP contribution in [0.5, 0.6) is 0 Å². The van der Waals surface area contributed by atoms with E-state index in [9.17, 15) is 5.11 Å². The van der Waals surface area contributed by atoms with Gasteiger partial charge in [0, 0.05) is 0 Å². The lowest BCUT2D eigenvalue weighted by Crippen LogP contribution is -2.25. The van der Waals surface area contributed by atoms with Crippen LogP contribution in [0.4, 0.5) is 11.4 Å². The topological polar surface area (TPSA) is 69.7 Å². The number of unbranched alkanes of at least 4 members (excludes halogenated alkanes) is 2. The smallest absolute Gasteiger partial charge is 0.266 e. The molecule has 0 atom stereocenters. The molecule has 4 nitrogen and oxygen atoms in total. The number of benzene rings is 2. The van der Waals surface area contributed by atoms with Crippen LogP contribution in [0.2, 0.25) is 0 Å². The summed E-state index contributed by atoms with van der Waals surface area (Å²) >= 11 is 9.08. The third-order valence-corrected chi connectivity index (χ3v) is 4.44. The summed E-state index contributed by atoms with van der Waals surface area (Å²) < 4.78 is 0. The third kappa shape index (κ3) is 7.82. The van der Waals surface area contributed by atoms with E-state index < -0.39 is 5.17 Å². The summed E-state index contributed by atoms with van der Waals surface area (Å²) in [6.07, 6.45) is 6.52. The molecule has 152 valence electrons. The maximum Gasteiger partial charge on any atom is 0.266 e. The predicted octanol–water partition coefficient (Wildman–Crippen LogP) is 6.14. The monoisotopic (exact) mass is 418 g/mol. The first kappa shape index (κ1) is 23.9. The zero-order valence-corrected chi connectivity index (χ0v) is 18.2. The lowest BCUT2D eigenvalue weighted by Gasteiger charge is -2.27. The Morgan fingerprint density at radius 3 is 1.50 bits per heavy atom. The van der Waals surface area contributed by atoms with Gasteiger partial charge in [-0.05, 0) is 73.4 Å². The second-order valence-electron chi connectivity index (χ2n) is 6.42. The first-order valence-corrected chi connectivity index (χ1v) is 10.4. The Morgan fingerprint density at radius 1 is 0.821 bits per heavy atom. The van der Waals surface area contributed by atoms with E-state index in [4.69, 9.17) is 17.3 Å². The lowest BCUT2D eigenvalue weighted by molar-refractivity contribution is 0.557. The fourth-order valence-electron chi connectivity index (χ4n) is 2.95. The van der Waals surface area contributed by atoms with Crippen molar-refractivity contribution in [2.45, 2.75) is 52.4 Å². The van der Waals surface area contributed by atoms with Gasteiger partial charge in [-0.25, -0.2) is 0 Å². The minimum Gasteiger partial charge on any atom is -0.487 e. The molecule has 0 amide bonds. The molecule has 2 aromatic rings. The minimum absolute atomic E-state index is 0.0945. The quantitative estimate of drug-likeness (QED) is 0.447. The molecule has 2 rings (SSSR count). The van der Waals surface area contributed by atoms with Gasteiger partial charge in [-0.2, -0.15) is 0 Å². The Hall–Kier alpha value is -2.18. The van der Waals surface area contributed by atoms with Crippen LogP contribution >= 0.6 is 24.4 Å². The van der Waals surface area contributed by atoms with Crippen LogP contribution in [0.25, 0.3) is 0 Å². The average Bonchev–Trinajstić information content (AvgIpc) is 2.66. The van der Waals surface area contributed by atoms with Crippen molar-refractivity contribution in [3.63, 3.8) is 0 Å². The van der Waals surface area contributed by atoms with Gasteiger partial charge in [0.05, 0.1) is 11.4 Å². The second kappa shape index (κ2) is 13.1. The number of aliphatic hydroxyl groups is 2. The zero-order valence-electron chi connectivity index (χ0n) is 16.6. The fourth-order valence-corrected chi connectivity index (χ4v) is 3.15. The number of hydrogen-bond acceptors (Lipinski definition) is 2. The molecule has 0 heterocycles. The van der Waals surface area contributed by atoms with E-state index in [1.807, 2.05) is 29.2 Å². The molecule has 0 aliphatic carbocycles. The zero-order chi connectivity index (χ0) is 20.9. The van der Waals surface area contributed by atoms with Crippen molar-refractivity contribution in [2.75, 3.05) is 4.90 Å². The predicted molar refractivity (Wildman–Crippen MR) is 127 cm³/mol. The Balaban J connectivity index is 0.000000892. The van der Waals surface area contributed by atoms with Crippen molar-refractivity contribution < 1.29 is 10.2 Å². The van der Waals surface area contributed by atoms with Gasteiger partial charge >= 0.3 is 0 Å². The first-order valence-electron chi connectivity index (χ1n) is 9.59. The van der Waals surface area contributed by atoms with E-state index in [2.05, 4.69) is 56.1 Å². The number of anilines is 2. The van der Waals surface area contributed by atoms with Crippen molar-refractivity contribution in [3.8, 4) is 0 Å². The molecule has 2 aromatic carbocycles. The molecule has 0 saturated heterocycles. The van der Waals surface area contributed by atoms with Crippen LogP contribution in [-0.4, -0.2) is 20.6 Å². The Labute approximate surface area is 179 Å². The number of nitrogens with two attached hydrogens (primary N) is 1. The van der Waals surface area contributed by atoms with Crippen LogP contribution in [0, 0.1) is 0 Å². The van der Waals surface area contributed by atoms with Crippen LogP contribution in [0.3, 0.4) is 0 Å². The molecule has 0 aliphatic heterocycles. The second-order valence-corrected chi connectivity index (χ2v) is 7.20. The van der Waals surface area contributed by atoms with Crippen molar-refractivity contribution >= 4 is 46.2 Å². The van der Waals surface area contributed by atoms with Crippen LogP contribution in [0.1, 0.15) is 50.7 Å². The molecule has 6 heteroatoms. The molecule has 28 heavy (non-hydrogen) atoms. The van der Waals surface area contributed by atoms with Gasteiger partial charge in [0.1, 0.15) is 0 Å². The first-order chi connectivity index (χ1) is 13.4. The van der Waals surface area contributed by atoms with Gasteiger partial charge in [0.25, 0.3) is 10.3 Å². The average molecular weight is 419 g/mol. The summed E-state index contributed by atoms with van der Waals surface area (Å²) in [7, 11) is 0. The van der Waals surface area contributed by atoms with E-state index >= 15 is 0 Å². The van der Waals surface area contributed by atoms with Gasteiger partial charge in [-0.3, -0.25) is 4.90 Å². The molecule has 0 aliphatic rings. The molecule has 0 aromatic heterocycles. The number of aliphatic hydroxyl groups excluding tert-OH is 2. The van der Waals surface area contributed by atoms with Gasteiger partial charge < -0.3 is 15.9 Å². The van der Waals surface area contributed by atoms with Crippen LogP contribution in [-0.2, 0) is 12.8 Å². The number of nitrogens with zero attached hydrogens (tertiary/aromatic N) is 1. The fraction of sp³-hybridized carbons (Fsp3) is 0.364. The Bertz CT molecular complexity index is 710. The van der Waals surface area contributed by atoms with Crippen molar-refractivity contribution in [2.24, 2.45) is 5.73 Å². The molecular weight excluding hydrogens is 388 g/mol. The number of rotatable bonds is 8. The van der Waals surface area contributed by atoms with E-state index in [-0.39, 0.29) is 5.17 Å². The Kier molecular flexibility index (Phi) is 11.1. The van der Waals surface area contributed by atoms with E-state index in [1.54, 1.807) is 0 Å². The number of para-hydroxylation sites is 2. The van der Waals surface area contributed by atoms with Crippen LogP contribution in [0.15, 0.2) is 48.5 Å². The molecule has 4 N–H and O–H groups in total. The molecular formula is C22H30N2O2S2. The lowest BCUT2D eigenvalue weighted by atomic mass is 10.0. The van der Waals surface area contributed by atoms with Crippen molar-refractivity contribution in [1.82, 2.24) is 0 Å². The molecule has 0 radical (unpaired) electrons. The Morgan fingerprint density at radius 2 is 1.18 bits per heavy atom. The largest absolute Gasteiger partial charge is 0.487 e. The maximum absolute atomic E-state index is 10.3. The van der Waals surface area contributed by atoms with Gasteiger partial charge in [-0.1, -0.05) is 63.1 Å². The van der Waals surface area contributed by atoms with Gasteiger partial charge in [0.2, 0.25) is 0 Å².